The third kappa shape index (κ3) is 3.15. The molecular weight excluding hydrogens is 454 g/mol. The molecule has 0 spiro atoms. The summed E-state index contributed by atoms with van der Waals surface area (Å²) in [6.45, 7) is 0. The number of rotatable bonds is 2. The minimum Gasteiger partial charge on any atom is -0.292 e. The van der Waals surface area contributed by atoms with Gasteiger partial charge in [-0.15, -0.1) is 0 Å². The van der Waals surface area contributed by atoms with Crippen molar-refractivity contribution in [2.75, 3.05) is 7.05 Å². The first kappa shape index (κ1) is 17.9. The molecule has 0 aliphatic carbocycles. The van der Waals surface area contributed by atoms with Gasteiger partial charge < -0.3 is 0 Å². The Morgan fingerprint density at radius 3 is 1.69 bits per heavy atom. The maximum atomic E-state index is 13.4. The summed E-state index contributed by atoms with van der Waals surface area (Å²) >= 11 is 7.20. The van der Waals surface area contributed by atoms with Crippen LogP contribution >= 0.6 is 31.9 Å². The van der Waals surface area contributed by atoms with Crippen LogP contribution in [0.15, 0.2) is 68.6 Å². The molecule has 4 heteroatoms. The number of benzene rings is 2. The molecule has 26 heavy (non-hydrogen) atoms. The van der Waals surface area contributed by atoms with E-state index < -0.39 is 0 Å². The molecule has 132 valence electrons. The molecule has 0 amide bonds. The first-order valence-corrected chi connectivity index (χ1v) is 10.3. The average Bonchev–Trinajstić information content (AvgIpc) is 2.94. The summed E-state index contributed by atoms with van der Waals surface area (Å²) < 4.78 is 2.03. The van der Waals surface area contributed by atoms with E-state index in [1.807, 2.05) is 48.5 Å². The van der Waals surface area contributed by atoms with E-state index >= 15 is 0 Å². The highest BCUT2D eigenvalue weighted by Crippen LogP contribution is 2.41. The first-order chi connectivity index (χ1) is 12.6. The van der Waals surface area contributed by atoms with Gasteiger partial charge in [-0.25, -0.2) is 0 Å². The fourth-order valence-corrected chi connectivity index (χ4v) is 4.80. The highest BCUT2D eigenvalue weighted by molar-refractivity contribution is 9.10. The standard InChI is InChI=1S/C22H19Br2NO/c1-25-20-10-11-21(25)17(13-15-7-3-5-9-19(15)24)22(26)16(20)12-14-6-2-4-8-18(14)23/h2-9,12-13,20-21H,10-11H2,1H3. The summed E-state index contributed by atoms with van der Waals surface area (Å²) in [6, 6.07) is 16.5. The van der Waals surface area contributed by atoms with Gasteiger partial charge in [-0.2, -0.15) is 0 Å². The number of piperidine rings is 1. The average molecular weight is 473 g/mol. The number of hydrogen-bond acceptors (Lipinski definition) is 2. The van der Waals surface area contributed by atoms with Crippen molar-refractivity contribution in [2.24, 2.45) is 0 Å². The number of halogens is 2. The lowest BCUT2D eigenvalue weighted by Crippen LogP contribution is -2.43. The topological polar surface area (TPSA) is 20.3 Å². The second-order valence-electron chi connectivity index (χ2n) is 6.85. The van der Waals surface area contributed by atoms with Gasteiger partial charge in [-0.05, 0) is 55.3 Å². The summed E-state index contributed by atoms with van der Waals surface area (Å²) in [5.74, 6) is 0.183. The van der Waals surface area contributed by atoms with Gasteiger partial charge in [0.1, 0.15) is 0 Å². The van der Waals surface area contributed by atoms with Gasteiger partial charge in [0.05, 0.1) is 0 Å². The van der Waals surface area contributed by atoms with Gasteiger partial charge in [0, 0.05) is 32.2 Å². The summed E-state index contributed by atoms with van der Waals surface area (Å²) in [4.78, 5) is 15.7. The highest BCUT2D eigenvalue weighted by Gasteiger charge is 2.44. The van der Waals surface area contributed by atoms with Gasteiger partial charge in [0.25, 0.3) is 0 Å². The quantitative estimate of drug-likeness (QED) is 0.520. The molecule has 4 rings (SSSR count). The lowest BCUT2D eigenvalue weighted by atomic mass is 9.88. The minimum absolute atomic E-state index is 0.183. The largest absolute Gasteiger partial charge is 0.292 e. The molecule has 2 saturated heterocycles. The molecular formula is C22H19Br2NO. The van der Waals surface area contributed by atoms with Crippen LogP contribution in [-0.2, 0) is 4.79 Å². The maximum Gasteiger partial charge on any atom is 0.188 e. The summed E-state index contributed by atoms with van der Waals surface area (Å²) in [6.07, 6.45) is 6.17. The molecule has 2 aromatic carbocycles. The van der Waals surface area contributed by atoms with Gasteiger partial charge in [-0.3, -0.25) is 9.69 Å². The number of carbonyl (C=O) groups is 1. The molecule has 2 aliphatic heterocycles. The van der Waals surface area contributed by atoms with E-state index in [2.05, 4.69) is 56.0 Å². The van der Waals surface area contributed by atoms with Gasteiger partial charge in [0.15, 0.2) is 5.78 Å². The van der Waals surface area contributed by atoms with Crippen molar-refractivity contribution in [1.29, 1.82) is 0 Å². The van der Waals surface area contributed by atoms with Gasteiger partial charge in [0.2, 0.25) is 0 Å². The Labute approximate surface area is 170 Å². The number of carbonyl (C=O) groups excluding carboxylic acids is 1. The van der Waals surface area contributed by atoms with Crippen LogP contribution in [0.4, 0.5) is 0 Å². The predicted molar refractivity (Wildman–Crippen MR) is 114 cm³/mol. The van der Waals surface area contributed by atoms with Crippen LogP contribution in [-0.4, -0.2) is 29.8 Å². The minimum atomic E-state index is 0.183. The molecule has 2 aliphatic rings. The van der Waals surface area contributed by atoms with Crippen molar-refractivity contribution in [3.63, 3.8) is 0 Å². The van der Waals surface area contributed by atoms with E-state index in [1.54, 1.807) is 0 Å². The monoisotopic (exact) mass is 471 g/mol. The van der Waals surface area contributed by atoms with Crippen LogP contribution in [0.5, 0.6) is 0 Å². The summed E-state index contributed by atoms with van der Waals surface area (Å²) in [5.41, 5.74) is 3.89. The van der Waals surface area contributed by atoms with Crippen molar-refractivity contribution in [3.8, 4) is 0 Å². The number of ketones is 1. The fraction of sp³-hybridized carbons (Fsp3) is 0.227. The number of fused-ring (bicyclic) bond motifs is 2. The van der Waals surface area contributed by atoms with E-state index in [-0.39, 0.29) is 17.9 Å². The Kier molecular flexibility index (Phi) is 5.00. The van der Waals surface area contributed by atoms with E-state index in [0.717, 1.165) is 44.1 Å². The number of Topliss-reactive ketones (excluding diaryl/α,β-unsaturated/α-hetero) is 1. The van der Waals surface area contributed by atoms with E-state index in [9.17, 15) is 4.79 Å². The van der Waals surface area contributed by atoms with E-state index in [0.29, 0.717) is 0 Å². The second-order valence-corrected chi connectivity index (χ2v) is 8.55. The molecule has 0 N–H and O–H groups in total. The molecule has 2 fully saturated rings. The SMILES string of the molecule is CN1C2CCC1C(=Cc1ccccc1Br)C(=O)C2=Cc1ccccc1Br. The second kappa shape index (κ2) is 7.26. The number of likely N-dealkylation sites (N-methyl/N-ethyl adjacent to an activating group) is 1. The number of hydrogen-bond donors (Lipinski definition) is 0. The Morgan fingerprint density at radius 1 is 0.846 bits per heavy atom. The highest BCUT2D eigenvalue weighted by atomic mass is 79.9. The van der Waals surface area contributed by atoms with E-state index in [1.165, 1.54) is 0 Å². The van der Waals surface area contributed by atoms with Crippen LogP contribution in [0.3, 0.4) is 0 Å². The molecule has 0 radical (unpaired) electrons. The van der Waals surface area contributed by atoms with Crippen LogP contribution in [0, 0.1) is 0 Å². The molecule has 0 saturated carbocycles. The Hall–Kier alpha value is -1.49. The van der Waals surface area contributed by atoms with Crippen molar-refractivity contribution in [3.05, 3.63) is 79.7 Å². The zero-order valence-corrected chi connectivity index (χ0v) is 17.6. The Bertz CT molecular complexity index is 858. The zero-order valence-electron chi connectivity index (χ0n) is 14.5. The molecule has 2 bridgehead atoms. The molecule has 2 unspecified atom stereocenters. The van der Waals surface area contributed by atoms with E-state index in [4.69, 9.17) is 0 Å². The first-order valence-electron chi connectivity index (χ1n) is 8.75. The third-order valence-electron chi connectivity index (χ3n) is 5.37. The summed E-state index contributed by atoms with van der Waals surface area (Å²) in [5, 5.41) is 0. The van der Waals surface area contributed by atoms with Crippen LogP contribution < -0.4 is 0 Å². The lowest BCUT2D eigenvalue weighted by molar-refractivity contribution is -0.114. The summed E-state index contributed by atoms with van der Waals surface area (Å²) in [7, 11) is 2.14. The lowest BCUT2D eigenvalue weighted by Gasteiger charge is -2.34. The van der Waals surface area contributed by atoms with Crippen molar-refractivity contribution >= 4 is 49.8 Å². The Morgan fingerprint density at radius 2 is 1.27 bits per heavy atom. The third-order valence-corrected chi connectivity index (χ3v) is 6.82. The predicted octanol–water partition coefficient (Wildman–Crippen LogP) is 5.72. The number of nitrogens with zero attached hydrogens (tertiary/aromatic N) is 1. The van der Waals surface area contributed by atoms with Crippen molar-refractivity contribution in [1.82, 2.24) is 4.90 Å². The molecule has 2 aromatic rings. The maximum absolute atomic E-state index is 13.4. The van der Waals surface area contributed by atoms with Crippen LogP contribution in [0.25, 0.3) is 12.2 Å². The van der Waals surface area contributed by atoms with Crippen molar-refractivity contribution in [2.45, 2.75) is 24.9 Å². The van der Waals surface area contributed by atoms with Gasteiger partial charge >= 0.3 is 0 Å². The molecule has 2 nitrogen and oxygen atoms in total. The van der Waals surface area contributed by atoms with Crippen molar-refractivity contribution < 1.29 is 4.79 Å². The fourth-order valence-electron chi connectivity index (χ4n) is 4.00. The van der Waals surface area contributed by atoms with Gasteiger partial charge in [-0.1, -0.05) is 68.3 Å². The smallest absolute Gasteiger partial charge is 0.188 e. The normalized spacial score (nSPS) is 26.0. The molecule has 2 heterocycles. The zero-order chi connectivity index (χ0) is 18.3. The molecule has 2 atom stereocenters. The molecule has 0 aromatic heterocycles. The van der Waals surface area contributed by atoms with Crippen LogP contribution in [0.2, 0.25) is 0 Å². The van der Waals surface area contributed by atoms with Crippen LogP contribution in [0.1, 0.15) is 24.0 Å². The Balaban J connectivity index is 1.81.